The monoisotopic (exact) mass is 320 g/mol. The summed E-state index contributed by atoms with van der Waals surface area (Å²) in [6.45, 7) is 4.10. The number of hydrogen-bond acceptors (Lipinski definition) is 2. The summed E-state index contributed by atoms with van der Waals surface area (Å²) >= 11 is 0. The highest BCUT2D eigenvalue weighted by atomic mass is 19.1. The number of carbonyl (C=O) groups is 1. The Morgan fingerprint density at radius 2 is 1.91 bits per heavy atom. The first-order chi connectivity index (χ1) is 11.0. The van der Waals surface area contributed by atoms with Gasteiger partial charge < -0.3 is 15.4 Å². The molecule has 2 aromatic carbocycles. The minimum Gasteiger partial charge on any atom is -0.489 e. The molecule has 2 amide bonds. The molecule has 0 heterocycles. The summed E-state index contributed by atoms with van der Waals surface area (Å²) in [6, 6.07) is 8.45. The molecule has 0 spiro atoms. The molecule has 0 aliphatic heterocycles. The number of benzene rings is 2. The van der Waals surface area contributed by atoms with E-state index in [1.807, 2.05) is 32.0 Å². The van der Waals surface area contributed by atoms with Crippen molar-refractivity contribution in [2.24, 2.45) is 0 Å². The fourth-order valence-electron chi connectivity index (χ4n) is 1.95. The van der Waals surface area contributed by atoms with Crippen LogP contribution in [0.25, 0.3) is 0 Å². The first kappa shape index (κ1) is 16.7. The third kappa shape index (κ3) is 4.95. The number of carbonyl (C=O) groups excluding carboxylic acids is 1. The van der Waals surface area contributed by atoms with Crippen LogP contribution in [0.2, 0.25) is 0 Å². The van der Waals surface area contributed by atoms with Crippen molar-refractivity contribution >= 4 is 11.7 Å². The Morgan fingerprint density at radius 1 is 1.13 bits per heavy atom. The van der Waals surface area contributed by atoms with E-state index in [-0.39, 0.29) is 24.9 Å². The molecule has 4 nitrogen and oxygen atoms in total. The number of ether oxygens (including phenoxy) is 1. The molecule has 0 saturated heterocycles. The summed E-state index contributed by atoms with van der Waals surface area (Å²) in [4.78, 5) is 11.8. The average Bonchev–Trinajstić information content (AvgIpc) is 2.49. The van der Waals surface area contributed by atoms with E-state index in [1.165, 1.54) is 6.07 Å². The van der Waals surface area contributed by atoms with Gasteiger partial charge in [0.05, 0.1) is 6.54 Å². The standard InChI is InChI=1S/C17H18F2N2O2/c1-11-3-4-12(2)15(9-11)21-17(22)20-7-8-23-16-6-5-13(18)10-14(16)19/h3-6,9-10H,7-8H2,1-2H3,(H2,20,21,22). The first-order valence-corrected chi connectivity index (χ1v) is 7.15. The maximum atomic E-state index is 13.3. The van der Waals surface area contributed by atoms with Gasteiger partial charge in [-0.1, -0.05) is 12.1 Å². The fourth-order valence-corrected chi connectivity index (χ4v) is 1.95. The van der Waals surface area contributed by atoms with Crippen LogP contribution < -0.4 is 15.4 Å². The number of anilines is 1. The van der Waals surface area contributed by atoms with Crippen molar-refractivity contribution in [2.75, 3.05) is 18.5 Å². The van der Waals surface area contributed by atoms with Crippen LogP contribution in [0.3, 0.4) is 0 Å². The molecule has 0 aliphatic rings. The summed E-state index contributed by atoms with van der Waals surface area (Å²) in [7, 11) is 0. The predicted molar refractivity (Wildman–Crippen MR) is 84.8 cm³/mol. The number of halogens is 2. The Kier molecular flexibility index (Phi) is 5.51. The first-order valence-electron chi connectivity index (χ1n) is 7.15. The largest absolute Gasteiger partial charge is 0.489 e. The van der Waals surface area contributed by atoms with Crippen molar-refractivity contribution < 1.29 is 18.3 Å². The molecular weight excluding hydrogens is 302 g/mol. The van der Waals surface area contributed by atoms with Gasteiger partial charge >= 0.3 is 6.03 Å². The molecule has 0 aliphatic carbocycles. The summed E-state index contributed by atoms with van der Waals surface area (Å²) in [6.07, 6.45) is 0. The Balaban J connectivity index is 1.77. The van der Waals surface area contributed by atoms with Crippen molar-refractivity contribution in [1.29, 1.82) is 0 Å². The summed E-state index contributed by atoms with van der Waals surface area (Å²) in [5.74, 6) is -1.49. The number of hydrogen-bond donors (Lipinski definition) is 2. The van der Waals surface area contributed by atoms with E-state index in [4.69, 9.17) is 4.74 Å². The van der Waals surface area contributed by atoms with E-state index in [2.05, 4.69) is 10.6 Å². The Labute approximate surface area is 133 Å². The van der Waals surface area contributed by atoms with E-state index in [0.29, 0.717) is 0 Å². The third-order valence-corrected chi connectivity index (χ3v) is 3.18. The number of urea groups is 1. The van der Waals surface area contributed by atoms with Crippen LogP contribution >= 0.6 is 0 Å². The maximum Gasteiger partial charge on any atom is 0.319 e. The molecule has 0 bridgehead atoms. The molecule has 0 radical (unpaired) electrons. The molecule has 0 aromatic heterocycles. The molecule has 2 N–H and O–H groups in total. The van der Waals surface area contributed by atoms with Crippen LogP contribution in [-0.2, 0) is 0 Å². The Hall–Kier alpha value is -2.63. The molecule has 0 saturated carbocycles. The van der Waals surface area contributed by atoms with Crippen LogP contribution in [-0.4, -0.2) is 19.2 Å². The topological polar surface area (TPSA) is 50.4 Å². The van der Waals surface area contributed by atoms with Crippen molar-refractivity contribution in [3.8, 4) is 5.75 Å². The minimum atomic E-state index is -0.773. The van der Waals surface area contributed by atoms with Crippen LogP contribution in [0.15, 0.2) is 36.4 Å². The fraction of sp³-hybridized carbons (Fsp3) is 0.235. The maximum absolute atomic E-state index is 13.3. The molecule has 0 unspecified atom stereocenters. The highest BCUT2D eigenvalue weighted by Crippen LogP contribution is 2.17. The van der Waals surface area contributed by atoms with Gasteiger partial charge in [-0.15, -0.1) is 0 Å². The normalized spacial score (nSPS) is 10.3. The minimum absolute atomic E-state index is 0.0527. The van der Waals surface area contributed by atoms with Gasteiger partial charge in [0.2, 0.25) is 0 Å². The second-order valence-electron chi connectivity index (χ2n) is 5.12. The molecule has 0 atom stereocenters. The van der Waals surface area contributed by atoms with Gasteiger partial charge in [-0.2, -0.15) is 0 Å². The van der Waals surface area contributed by atoms with E-state index in [0.717, 1.165) is 28.9 Å². The highest BCUT2D eigenvalue weighted by Gasteiger charge is 2.06. The van der Waals surface area contributed by atoms with Gasteiger partial charge in [-0.3, -0.25) is 0 Å². The molecule has 2 aromatic rings. The number of nitrogens with one attached hydrogen (secondary N) is 2. The molecule has 0 fully saturated rings. The van der Waals surface area contributed by atoms with Gasteiger partial charge in [0.25, 0.3) is 0 Å². The molecule has 6 heteroatoms. The van der Waals surface area contributed by atoms with Gasteiger partial charge in [-0.25, -0.2) is 13.6 Å². The van der Waals surface area contributed by atoms with Crippen LogP contribution in [0.1, 0.15) is 11.1 Å². The molecular formula is C17H18F2N2O2. The Morgan fingerprint density at radius 3 is 2.65 bits per heavy atom. The highest BCUT2D eigenvalue weighted by molar-refractivity contribution is 5.90. The van der Waals surface area contributed by atoms with E-state index in [1.54, 1.807) is 0 Å². The lowest BCUT2D eigenvalue weighted by molar-refractivity contribution is 0.246. The SMILES string of the molecule is Cc1ccc(C)c(NC(=O)NCCOc2ccc(F)cc2F)c1. The summed E-state index contributed by atoms with van der Waals surface area (Å²) in [5.41, 5.74) is 2.73. The van der Waals surface area contributed by atoms with Crippen molar-refractivity contribution in [3.63, 3.8) is 0 Å². The zero-order valence-corrected chi connectivity index (χ0v) is 13.0. The van der Waals surface area contributed by atoms with Crippen LogP contribution in [0, 0.1) is 25.5 Å². The zero-order valence-electron chi connectivity index (χ0n) is 13.0. The lowest BCUT2D eigenvalue weighted by Gasteiger charge is -2.11. The van der Waals surface area contributed by atoms with Crippen molar-refractivity contribution in [1.82, 2.24) is 5.32 Å². The van der Waals surface area contributed by atoms with Gasteiger partial charge in [0.15, 0.2) is 11.6 Å². The average molecular weight is 320 g/mol. The second-order valence-corrected chi connectivity index (χ2v) is 5.12. The second kappa shape index (κ2) is 7.58. The molecule has 122 valence electrons. The van der Waals surface area contributed by atoms with Gasteiger partial charge in [0.1, 0.15) is 12.4 Å². The summed E-state index contributed by atoms with van der Waals surface area (Å²) in [5, 5.41) is 5.35. The zero-order chi connectivity index (χ0) is 16.8. The van der Waals surface area contributed by atoms with Gasteiger partial charge in [-0.05, 0) is 43.2 Å². The summed E-state index contributed by atoms with van der Waals surface area (Å²) < 4.78 is 31.2. The van der Waals surface area contributed by atoms with E-state index >= 15 is 0 Å². The quantitative estimate of drug-likeness (QED) is 0.824. The smallest absolute Gasteiger partial charge is 0.319 e. The third-order valence-electron chi connectivity index (χ3n) is 3.18. The molecule has 23 heavy (non-hydrogen) atoms. The van der Waals surface area contributed by atoms with Crippen LogP contribution in [0.5, 0.6) is 5.75 Å². The van der Waals surface area contributed by atoms with Crippen LogP contribution in [0.4, 0.5) is 19.3 Å². The van der Waals surface area contributed by atoms with Gasteiger partial charge in [0, 0.05) is 11.8 Å². The lowest BCUT2D eigenvalue weighted by Crippen LogP contribution is -2.32. The van der Waals surface area contributed by atoms with Crippen molar-refractivity contribution in [2.45, 2.75) is 13.8 Å². The lowest BCUT2D eigenvalue weighted by atomic mass is 10.1. The number of aryl methyl sites for hydroxylation is 2. The van der Waals surface area contributed by atoms with Crippen molar-refractivity contribution in [3.05, 3.63) is 59.2 Å². The number of amides is 2. The van der Waals surface area contributed by atoms with E-state index in [9.17, 15) is 13.6 Å². The van der Waals surface area contributed by atoms with E-state index < -0.39 is 11.6 Å². The number of rotatable bonds is 5. The molecule has 2 rings (SSSR count). The predicted octanol–water partition coefficient (Wildman–Crippen LogP) is 3.78. The Bertz CT molecular complexity index is 705.